The van der Waals surface area contributed by atoms with Crippen LogP contribution in [0.25, 0.3) is 0 Å². The standard InChI is InChI=1S/C23H29N5O/c24-22(17-26-16-20-8-3-1-4-9-20)23(29)28(18-21-10-5-2-6-11-21)14-7-13-27-15-12-25-19-27/h1-6,8-12,15,19,22,26H,7,13-14,16-18,24H2/t22-/m1/s1. The van der Waals surface area contributed by atoms with E-state index in [4.69, 9.17) is 5.73 Å². The fraction of sp³-hybridized carbons (Fsp3) is 0.304. The molecule has 3 aromatic rings. The van der Waals surface area contributed by atoms with E-state index in [1.54, 1.807) is 12.5 Å². The summed E-state index contributed by atoms with van der Waals surface area (Å²) < 4.78 is 2.02. The number of rotatable bonds is 11. The molecule has 29 heavy (non-hydrogen) atoms. The number of amides is 1. The zero-order valence-electron chi connectivity index (χ0n) is 16.7. The van der Waals surface area contributed by atoms with Gasteiger partial charge in [0.15, 0.2) is 0 Å². The van der Waals surface area contributed by atoms with Crippen molar-refractivity contribution in [1.29, 1.82) is 0 Å². The second kappa shape index (κ2) is 11.1. The van der Waals surface area contributed by atoms with Crippen LogP contribution < -0.4 is 11.1 Å². The smallest absolute Gasteiger partial charge is 0.241 e. The van der Waals surface area contributed by atoms with Crippen molar-refractivity contribution in [2.75, 3.05) is 13.1 Å². The second-order valence-corrected chi connectivity index (χ2v) is 7.12. The van der Waals surface area contributed by atoms with E-state index in [-0.39, 0.29) is 5.91 Å². The summed E-state index contributed by atoms with van der Waals surface area (Å²) in [6.07, 6.45) is 6.34. The largest absolute Gasteiger partial charge is 0.337 e. The van der Waals surface area contributed by atoms with Gasteiger partial charge in [0.05, 0.1) is 12.4 Å². The summed E-state index contributed by atoms with van der Waals surface area (Å²) in [5, 5.41) is 3.29. The first kappa shape index (κ1) is 20.8. The molecule has 0 aliphatic rings. The van der Waals surface area contributed by atoms with Crippen LogP contribution in [0.1, 0.15) is 17.5 Å². The molecule has 2 aromatic carbocycles. The molecule has 0 fully saturated rings. The Morgan fingerprint density at radius 2 is 1.76 bits per heavy atom. The third-order valence-electron chi connectivity index (χ3n) is 4.78. The summed E-state index contributed by atoms with van der Waals surface area (Å²) in [5.74, 6) is -0.0277. The van der Waals surface area contributed by atoms with Crippen LogP contribution in [-0.4, -0.2) is 39.5 Å². The van der Waals surface area contributed by atoms with Crippen molar-refractivity contribution < 1.29 is 4.79 Å². The van der Waals surface area contributed by atoms with Gasteiger partial charge in [-0.2, -0.15) is 0 Å². The minimum atomic E-state index is -0.573. The molecule has 0 spiro atoms. The molecular weight excluding hydrogens is 362 g/mol. The monoisotopic (exact) mass is 391 g/mol. The van der Waals surface area contributed by atoms with Crippen LogP contribution in [0, 0.1) is 0 Å². The summed E-state index contributed by atoms with van der Waals surface area (Å²) in [5.41, 5.74) is 8.51. The van der Waals surface area contributed by atoms with Crippen molar-refractivity contribution >= 4 is 5.91 Å². The minimum Gasteiger partial charge on any atom is -0.337 e. The maximum Gasteiger partial charge on any atom is 0.241 e. The van der Waals surface area contributed by atoms with Crippen LogP contribution in [0.4, 0.5) is 0 Å². The molecule has 1 aromatic heterocycles. The van der Waals surface area contributed by atoms with Crippen LogP contribution in [0.3, 0.4) is 0 Å². The zero-order valence-corrected chi connectivity index (χ0v) is 16.7. The summed E-state index contributed by atoms with van der Waals surface area (Å²) in [6.45, 7) is 3.18. The first-order valence-corrected chi connectivity index (χ1v) is 10.0. The first-order valence-electron chi connectivity index (χ1n) is 10.0. The minimum absolute atomic E-state index is 0.0277. The Balaban J connectivity index is 1.54. The van der Waals surface area contributed by atoms with Crippen LogP contribution in [-0.2, 0) is 24.4 Å². The van der Waals surface area contributed by atoms with Gasteiger partial charge in [-0.25, -0.2) is 4.98 Å². The lowest BCUT2D eigenvalue weighted by Crippen LogP contribution is -2.48. The number of benzene rings is 2. The second-order valence-electron chi connectivity index (χ2n) is 7.12. The maximum absolute atomic E-state index is 13.0. The highest BCUT2D eigenvalue weighted by molar-refractivity contribution is 5.81. The Hall–Kier alpha value is -2.96. The molecule has 3 rings (SSSR count). The summed E-state index contributed by atoms with van der Waals surface area (Å²) >= 11 is 0. The molecule has 0 aliphatic heterocycles. The summed E-state index contributed by atoms with van der Waals surface area (Å²) in [6, 6.07) is 19.6. The molecule has 6 heteroatoms. The lowest BCUT2D eigenvalue weighted by Gasteiger charge is -2.26. The quantitative estimate of drug-likeness (QED) is 0.526. The van der Waals surface area contributed by atoms with Crippen LogP contribution in [0.15, 0.2) is 79.4 Å². The summed E-state index contributed by atoms with van der Waals surface area (Å²) in [4.78, 5) is 19.0. The molecule has 0 unspecified atom stereocenters. The maximum atomic E-state index is 13.0. The Bertz CT molecular complexity index is 836. The predicted molar refractivity (Wildman–Crippen MR) is 115 cm³/mol. The van der Waals surface area contributed by atoms with E-state index in [1.807, 2.05) is 64.2 Å². The van der Waals surface area contributed by atoms with Gasteiger partial charge in [0.2, 0.25) is 5.91 Å². The van der Waals surface area contributed by atoms with Gasteiger partial charge in [0.25, 0.3) is 0 Å². The summed E-state index contributed by atoms with van der Waals surface area (Å²) in [7, 11) is 0. The van der Waals surface area contributed by atoms with Crippen molar-refractivity contribution in [1.82, 2.24) is 19.8 Å². The van der Waals surface area contributed by atoms with Crippen LogP contribution in [0.2, 0.25) is 0 Å². The number of nitrogens with two attached hydrogens (primary N) is 1. The Kier molecular flexibility index (Phi) is 7.98. The molecule has 1 heterocycles. The third kappa shape index (κ3) is 6.85. The normalized spacial score (nSPS) is 11.9. The molecule has 0 saturated carbocycles. The highest BCUT2D eigenvalue weighted by Crippen LogP contribution is 2.08. The number of imidazole rings is 1. The van der Waals surface area contributed by atoms with Crippen molar-refractivity contribution in [3.8, 4) is 0 Å². The number of carbonyl (C=O) groups is 1. The molecule has 1 amide bonds. The first-order chi connectivity index (χ1) is 14.2. The van der Waals surface area contributed by atoms with E-state index < -0.39 is 6.04 Å². The molecule has 1 atom stereocenters. The number of carbonyl (C=O) groups excluding carboxylic acids is 1. The number of hydrogen-bond donors (Lipinski definition) is 2. The topological polar surface area (TPSA) is 76.2 Å². The number of nitrogens with one attached hydrogen (secondary N) is 1. The van der Waals surface area contributed by atoms with E-state index in [0.29, 0.717) is 26.2 Å². The molecule has 0 aliphatic carbocycles. The lowest BCUT2D eigenvalue weighted by atomic mass is 10.1. The van der Waals surface area contributed by atoms with E-state index in [0.717, 1.165) is 18.5 Å². The van der Waals surface area contributed by atoms with E-state index in [2.05, 4.69) is 22.4 Å². The Morgan fingerprint density at radius 3 is 2.41 bits per heavy atom. The van der Waals surface area contributed by atoms with Gasteiger partial charge in [-0.05, 0) is 17.5 Å². The SMILES string of the molecule is N[C@H](CNCc1ccccc1)C(=O)N(CCCn1ccnc1)Cc1ccccc1. The fourth-order valence-electron chi connectivity index (χ4n) is 3.22. The molecule has 6 nitrogen and oxygen atoms in total. The molecule has 152 valence electrons. The lowest BCUT2D eigenvalue weighted by molar-refractivity contribution is -0.133. The van der Waals surface area contributed by atoms with E-state index in [1.165, 1.54) is 5.56 Å². The zero-order chi connectivity index (χ0) is 20.3. The number of aryl methyl sites for hydroxylation is 1. The average Bonchev–Trinajstić information content (AvgIpc) is 3.27. The molecule has 0 saturated heterocycles. The molecular formula is C23H29N5O. The third-order valence-corrected chi connectivity index (χ3v) is 4.78. The fourth-order valence-corrected chi connectivity index (χ4v) is 3.22. The van der Waals surface area contributed by atoms with Gasteiger partial charge in [0.1, 0.15) is 0 Å². The van der Waals surface area contributed by atoms with Crippen molar-refractivity contribution in [2.45, 2.75) is 32.1 Å². The van der Waals surface area contributed by atoms with Gasteiger partial charge in [-0.3, -0.25) is 4.79 Å². The highest BCUT2D eigenvalue weighted by atomic mass is 16.2. The van der Waals surface area contributed by atoms with Crippen LogP contribution in [0.5, 0.6) is 0 Å². The average molecular weight is 392 g/mol. The highest BCUT2D eigenvalue weighted by Gasteiger charge is 2.20. The van der Waals surface area contributed by atoms with Gasteiger partial charge >= 0.3 is 0 Å². The Labute approximate surface area is 172 Å². The number of hydrogen-bond acceptors (Lipinski definition) is 4. The van der Waals surface area contributed by atoms with Gasteiger partial charge in [0, 0.05) is 45.1 Å². The van der Waals surface area contributed by atoms with Crippen molar-refractivity contribution in [3.63, 3.8) is 0 Å². The van der Waals surface area contributed by atoms with Gasteiger partial charge in [-0.1, -0.05) is 60.7 Å². The van der Waals surface area contributed by atoms with Gasteiger partial charge in [-0.15, -0.1) is 0 Å². The van der Waals surface area contributed by atoms with Gasteiger partial charge < -0.3 is 20.5 Å². The Morgan fingerprint density at radius 1 is 1.07 bits per heavy atom. The van der Waals surface area contributed by atoms with Crippen LogP contribution >= 0.6 is 0 Å². The molecule has 0 radical (unpaired) electrons. The van der Waals surface area contributed by atoms with E-state index >= 15 is 0 Å². The van der Waals surface area contributed by atoms with Crippen molar-refractivity contribution in [2.24, 2.45) is 5.73 Å². The number of nitrogens with zero attached hydrogens (tertiary/aromatic N) is 3. The van der Waals surface area contributed by atoms with E-state index in [9.17, 15) is 4.79 Å². The van der Waals surface area contributed by atoms with Crippen molar-refractivity contribution in [3.05, 3.63) is 90.5 Å². The predicted octanol–water partition coefficient (Wildman–Crippen LogP) is 2.42. The molecule has 3 N–H and O–H groups in total. The molecule has 0 bridgehead atoms. The number of aromatic nitrogens is 2.